The van der Waals surface area contributed by atoms with E-state index < -0.39 is 324 Å². The van der Waals surface area contributed by atoms with Crippen molar-refractivity contribution >= 4 is 59.3 Å². The number of amides is 6. The van der Waals surface area contributed by atoms with E-state index in [9.17, 15) is 140 Å². The van der Waals surface area contributed by atoms with Crippen LogP contribution in [-0.4, -0.2) is 478 Å². The van der Waals surface area contributed by atoms with Crippen molar-refractivity contribution in [2.75, 3.05) is 87.8 Å². The lowest BCUT2D eigenvalue weighted by molar-refractivity contribution is -0.327. The number of hydrogen-bond donors (Lipinski definition) is 24. The number of nitrogens with one attached hydrogen (secondary N) is 6. The summed E-state index contributed by atoms with van der Waals surface area (Å²) in [5.74, 6) is -7.63. The second-order valence-corrected chi connectivity index (χ2v) is 30.6. The van der Waals surface area contributed by atoms with Crippen molar-refractivity contribution in [3.63, 3.8) is 0 Å². The first-order valence-electron chi connectivity index (χ1n) is 40.0. The van der Waals surface area contributed by atoms with Gasteiger partial charge in [-0.3, -0.25) is 28.8 Å². The van der Waals surface area contributed by atoms with Crippen molar-refractivity contribution in [2.45, 2.75) is 301 Å². The number of carboxylic acids is 2. The molecule has 8 heterocycles. The summed E-state index contributed by atoms with van der Waals surface area (Å²) in [6.07, 6.45) is -48.0. The molecule has 52 heteroatoms. The lowest BCUT2D eigenvalue weighted by Crippen LogP contribution is -2.68. The maximum atomic E-state index is 12.7. The fourth-order valence-electron chi connectivity index (χ4n) is 14.7. The summed E-state index contributed by atoms with van der Waals surface area (Å²) >= 11 is 0. The maximum absolute atomic E-state index is 12.7. The fourth-order valence-corrected chi connectivity index (χ4v) is 14.7. The number of carboxylic acid groups (broad SMARTS) is 2. The minimum absolute atomic E-state index is 0.0996. The number of aliphatic carboxylic acids is 2. The average Bonchev–Trinajstić information content (AvgIpc) is 0.787. The van der Waals surface area contributed by atoms with Gasteiger partial charge in [-0.1, -0.05) is 13.2 Å². The van der Waals surface area contributed by atoms with Crippen LogP contribution in [0.3, 0.4) is 0 Å². The molecule has 6 amide bonds. The minimum Gasteiger partial charge on any atom is -0.479 e. The van der Waals surface area contributed by atoms with Gasteiger partial charge in [0.05, 0.1) is 88.6 Å². The van der Waals surface area contributed by atoms with Gasteiger partial charge >= 0.3 is 23.9 Å². The largest absolute Gasteiger partial charge is 0.479 e. The van der Waals surface area contributed by atoms with Gasteiger partial charge in [0, 0.05) is 67.3 Å². The number of methoxy groups -OCH3 is 4. The standard InChI is InChI=1S/C22H36N2O12.C21H34N2O12.2C16H27NO11/c1-9(2)21(31)33-7-6-23-20(30)19-15(28)18(32-5)16(29)22(36-19)35-17-13(24-11(4)26)10(3)34-12(8-25)14(17)27;1-9(2)20(30)32-6-5-22-19(29)18-14(27)17(31-4)15(28)21(35-18)34-16-11(23-10(3)25)8-33-12(7-24)13(16)26;2*1-5-8(17-6(2)19)12(9(20)7(4-18)26-5)27-16-11(22)13(25-3)10(21)14(28-16)15(23)24/h10,12-19,22,25,27-29H,1,6-8H2,2-5H3,(H,23,30)(H,24,26);11-18,21,24,26-28H,1,5-8H2,2-4H3,(H,22,29)(H,23,25);2*5,7-14,16,18,20-22H,4H2,1-3H3,(H,17,19)(H,23,24)/t10-,12?,13?,14+,15-,16?,17+,18-,19?,22+;11?,12?,13-,14+,15?,16-,17+,18?,21-;2*5-,7?,8?,9+,10-,11?,12+,13-,14?,16+/m0100/s1. The molecule has 0 bridgehead atoms. The van der Waals surface area contributed by atoms with E-state index in [-0.39, 0.29) is 44.1 Å². The van der Waals surface area contributed by atoms with Crippen LogP contribution in [-0.2, 0) is 133 Å². The molecule has 24 N–H and O–H groups in total. The zero-order valence-electron chi connectivity index (χ0n) is 71.8. The molecule has 39 atom stereocenters. The number of aliphatic hydroxyl groups excluding tert-OH is 16. The number of aliphatic hydroxyl groups is 16. The lowest BCUT2D eigenvalue weighted by Gasteiger charge is -2.47. The first kappa shape index (κ1) is 110. The van der Waals surface area contributed by atoms with Crippen LogP contribution < -0.4 is 31.9 Å². The van der Waals surface area contributed by atoms with Gasteiger partial charge in [0.25, 0.3) is 11.8 Å². The number of rotatable bonds is 32. The van der Waals surface area contributed by atoms with E-state index in [4.69, 9.17) is 85.3 Å². The predicted molar refractivity (Wildman–Crippen MR) is 414 cm³/mol. The van der Waals surface area contributed by atoms with Crippen LogP contribution in [0.4, 0.5) is 0 Å². The number of hydrogen-bond acceptors (Lipinski definition) is 44. The van der Waals surface area contributed by atoms with Crippen LogP contribution in [0, 0.1) is 0 Å². The molecule has 8 fully saturated rings. The van der Waals surface area contributed by atoms with E-state index in [2.05, 4.69) is 45.1 Å². The van der Waals surface area contributed by atoms with Gasteiger partial charge in [0.2, 0.25) is 23.6 Å². The highest BCUT2D eigenvalue weighted by Crippen LogP contribution is 2.36. The van der Waals surface area contributed by atoms with Gasteiger partial charge in [0.1, 0.15) is 160 Å². The van der Waals surface area contributed by atoms with Crippen molar-refractivity contribution in [3.8, 4) is 0 Å². The van der Waals surface area contributed by atoms with Gasteiger partial charge in [-0.15, -0.1) is 0 Å². The molecule has 16 unspecified atom stereocenters. The third kappa shape index (κ3) is 29.2. The number of carbonyl (C=O) groups excluding carboxylic acids is 8. The van der Waals surface area contributed by atoms with E-state index >= 15 is 0 Å². The van der Waals surface area contributed by atoms with Crippen molar-refractivity contribution in [1.29, 1.82) is 0 Å². The van der Waals surface area contributed by atoms with Crippen LogP contribution in [0.25, 0.3) is 0 Å². The Hall–Kier alpha value is -7.10. The summed E-state index contributed by atoms with van der Waals surface area (Å²) < 4.78 is 96.2. The quantitative estimate of drug-likeness (QED) is 0.0169. The van der Waals surface area contributed by atoms with Crippen molar-refractivity contribution in [3.05, 3.63) is 24.3 Å². The fraction of sp³-hybridized carbons (Fsp3) is 0.813. The normalized spacial score (nSPS) is 39.5. The summed E-state index contributed by atoms with van der Waals surface area (Å²) in [5.41, 5.74) is 0.380. The molecule has 0 spiro atoms. The second kappa shape index (κ2) is 51.6. The molecule has 0 aromatic heterocycles. The molecule has 127 heavy (non-hydrogen) atoms. The minimum atomic E-state index is -1.75. The monoisotopic (exact) mass is 1840 g/mol. The number of carbonyl (C=O) groups is 10. The van der Waals surface area contributed by atoms with Crippen LogP contribution in [0.15, 0.2) is 24.3 Å². The van der Waals surface area contributed by atoms with Gasteiger partial charge in [-0.2, -0.15) is 0 Å². The Labute approximate surface area is 727 Å². The Morgan fingerprint density at radius 3 is 0.835 bits per heavy atom. The van der Waals surface area contributed by atoms with Gasteiger partial charge < -0.3 is 209 Å². The molecule has 0 aromatic rings. The van der Waals surface area contributed by atoms with Gasteiger partial charge in [-0.25, -0.2) is 19.2 Å². The maximum Gasteiger partial charge on any atom is 0.335 e. The first-order chi connectivity index (χ1) is 59.7. The lowest BCUT2D eigenvalue weighted by atomic mass is 9.92. The molecule has 8 aliphatic heterocycles. The molecular weight excluding hydrogens is 1720 g/mol. The van der Waals surface area contributed by atoms with Crippen molar-refractivity contribution < 1.29 is 225 Å². The Balaban J connectivity index is 0.000000302. The first-order valence-corrected chi connectivity index (χ1v) is 40.0. The molecule has 0 aliphatic carbocycles. The van der Waals surface area contributed by atoms with Gasteiger partial charge in [-0.05, 0) is 34.6 Å². The summed E-state index contributed by atoms with van der Waals surface area (Å²) in [6, 6.07) is -3.55. The Morgan fingerprint density at radius 1 is 0.339 bits per heavy atom. The summed E-state index contributed by atoms with van der Waals surface area (Å²) in [6.45, 7) is 16.8. The number of esters is 2. The van der Waals surface area contributed by atoms with Crippen molar-refractivity contribution in [1.82, 2.24) is 31.9 Å². The average molecular weight is 1850 g/mol. The summed E-state index contributed by atoms with van der Waals surface area (Å²) in [7, 11) is 4.76. The topological polar surface area (TPSA) is 773 Å². The molecule has 8 saturated heterocycles. The molecule has 0 radical (unpaired) electrons. The van der Waals surface area contributed by atoms with E-state index in [1.54, 1.807) is 20.8 Å². The Kier molecular flexibility index (Phi) is 44.9. The second-order valence-electron chi connectivity index (χ2n) is 30.6. The van der Waals surface area contributed by atoms with Gasteiger partial charge in [0.15, 0.2) is 49.6 Å². The molecule has 8 aliphatic rings. The Morgan fingerprint density at radius 2 is 0.591 bits per heavy atom. The molecule has 730 valence electrons. The zero-order chi connectivity index (χ0) is 95.8. The van der Waals surface area contributed by atoms with Crippen LogP contribution in [0.2, 0.25) is 0 Å². The Bertz CT molecular complexity index is 3470. The van der Waals surface area contributed by atoms with E-state index in [1.807, 2.05) is 0 Å². The molecule has 8 rings (SSSR count). The van der Waals surface area contributed by atoms with E-state index in [0.717, 1.165) is 0 Å². The zero-order valence-corrected chi connectivity index (χ0v) is 71.8. The highest BCUT2D eigenvalue weighted by atomic mass is 16.8. The molecule has 52 nitrogen and oxygen atoms in total. The van der Waals surface area contributed by atoms with Crippen LogP contribution in [0.1, 0.15) is 62.3 Å². The van der Waals surface area contributed by atoms with Crippen LogP contribution in [0.5, 0.6) is 0 Å². The smallest absolute Gasteiger partial charge is 0.335 e. The highest BCUT2D eigenvalue weighted by molar-refractivity contribution is 5.87. The summed E-state index contributed by atoms with van der Waals surface area (Å²) in [4.78, 5) is 117. The predicted octanol–water partition coefficient (Wildman–Crippen LogP) is -13.8. The third-order valence-electron chi connectivity index (χ3n) is 21.1. The summed E-state index contributed by atoms with van der Waals surface area (Å²) in [5, 5.41) is 197. The third-order valence-corrected chi connectivity index (χ3v) is 21.1. The SMILES string of the molecule is C=C(C)C(=O)OCCNC(=O)C1O[C@@H](O[C@@H]2C(NC(C)=O)COC(CO)[C@H]2O)C(O)[C@@H](OC)[C@@H]1O.C=C(C)C(=O)OCCNC(=O)C1O[C@@H](O[C@@H]2C(NC(C)=O)[C@H](C)OC(CO)[C@H]2O)C(O)[C@@H](OC)[C@@H]1O.CO[C@@H]1C(O)[C@H](O[C@@H]2C(NC(C)=O)[C@H](C)OC(CO)[C@H]2O)OC(C(=O)O)[C@H]1O.CO[C@@H]1C(O)[C@H](O[C@@H]2C(NC(C)=O)[C@H](C)OC(CO)[C@H]2O)OC(C(=O)O)[C@H]1O. The molecule has 0 saturated carbocycles. The van der Waals surface area contributed by atoms with Crippen molar-refractivity contribution in [2.24, 2.45) is 0 Å². The molecule has 0 aromatic carbocycles. The van der Waals surface area contributed by atoms with E-state index in [0.29, 0.717) is 0 Å². The van der Waals surface area contributed by atoms with Crippen LogP contribution >= 0.6 is 0 Å². The highest BCUT2D eigenvalue weighted by Gasteiger charge is 2.58. The number of ether oxygens (including phenoxy) is 18. The van der Waals surface area contributed by atoms with E-state index in [1.165, 1.54) is 70.0 Å². The molecular formula is C75H124N6O46.